The number of rotatable bonds is 7. The van der Waals surface area contributed by atoms with Crippen molar-refractivity contribution < 1.29 is 9.47 Å². The monoisotopic (exact) mass is 315 g/mol. The van der Waals surface area contributed by atoms with E-state index in [1.165, 1.54) is 0 Å². The van der Waals surface area contributed by atoms with Gasteiger partial charge in [0.2, 0.25) is 0 Å². The third-order valence-corrected chi connectivity index (χ3v) is 3.72. The molecule has 0 heterocycles. The maximum Gasteiger partial charge on any atom is 0.137 e. The summed E-state index contributed by atoms with van der Waals surface area (Å²) >= 11 is 6.03. The van der Waals surface area contributed by atoms with Crippen molar-refractivity contribution in [2.45, 2.75) is 18.8 Å². The number of para-hydroxylation sites is 1. The van der Waals surface area contributed by atoms with Gasteiger partial charge < -0.3 is 9.47 Å². The highest BCUT2D eigenvalue weighted by Gasteiger charge is 2.10. The molecule has 0 saturated heterocycles. The normalized spacial score (nSPS) is 11.5. The van der Waals surface area contributed by atoms with Crippen LogP contribution < -0.4 is 9.47 Å². The van der Waals surface area contributed by atoms with E-state index in [1.54, 1.807) is 13.2 Å². The molecule has 114 valence electrons. The van der Waals surface area contributed by atoms with Gasteiger partial charge in [0.25, 0.3) is 0 Å². The fraction of sp³-hybridized carbons (Fsp3) is 0.278. The average molecular weight is 316 g/mol. The highest BCUT2D eigenvalue weighted by molar-refractivity contribution is 6.32. The molecule has 0 saturated carbocycles. The Morgan fingerprint density at radius 1 is 1.14 bits per heavy atom. The SMILES string of the molecule is COc1ccc(C(C#N)CCCOc2ccccc2Cl)cc1. The van der Waals surface area contributed by atoms with Crippen molar-refractivity contribution in [3.63, 3.8) is 0 Å². The summed E-state index contributed by atoms with van der Waals surface area (Å²) in [4.78, 5) is 0. The third-order valence-electron chi connectivity index (χ3n) is 3.41. The molecule has 2 aromatic carbocycles. The topological polar surface area (TPSA) is 42.2 Å². The molecule has 0 amide bonds. The minimum absolute atomic E-state index is 0.138. The van der Waals surface area contributed by atoms with Gasteiger partial charge in [-0.15, -0.1) is 0 Å². The van der Waals surface area contributed by atoms with Gasteiger partial charge in [0.15, 0.2) is 0 Å². The molecular weight excluding hydrogens is 298 g/mol. The third kappa shape index (κ3) is 4.41. The summed E-state index contributed by atoms with van der Waals surface area (Å²) < 4.78 is 10.8. The number of hydrogen-bond donors (Lipinski definition) is 0. The van der Waals surface area contributed by atoms with Crippen LogP contribution in [0.4, 0.5) is 0 Å². The van der Waals surface area contributed by atoms with E-state index in [-0.39, 0.29) is 5.92 Å². The van der Waals surface area contributed by atoms with Crippen molar-refractivity contribution in [1.29, 1.82) is 5.26 Å². The largest absolute Gasteiger partial charge is 0.497 e. The first-order chi connectivity index (χ1) is 10.7. The Balaban J connectivity index is 1.84. The highest BCUT2D eigenvalue weighted by atomic mass is 35.5. The zero-order valence-corrected chi connectivity index (χ0v) is 13.2. The van der Waals surface area contributed by atoms with E-state index in [0.29, 0.717) is 17.4 Å². The van der Waals surface area contributed by atoms with Gasteiger partial charge >= 0.3 is 0 Å². The fourth-order valence-corrected chi connectivity index (χ4v) is 2.36. The Morgan fingerprint density at radius 2 is 1.86 bits per heavy atom. The molecule has 1 atom stereocenters. The molecule has 0 N–H and O–H groups in total. The molecule has 0 aliphatic rings. The highest BCUT2D eigenvalue weighted by Crippen LogP contribution is 2.25. The first-order valence-electron chi connectivity index (χ1n) is 7.15. The van der Waals surface area contributed by atoms with Crippen LogP contribution in [0.15, 0.2) is 48.5 Å². The molecule has 0 radical (unpaired) electrons. The second-order valence-corrected chi connectivity index (χ2v) is 5.28. The summed E-state index contributed by atoms with van der Waals surface area (Å²) in [6.07, 6.45) is 1.53. The van der Waals surface area contributed by atoms with Crippen LogP contribution in [0, 0.1) is 11.3 Å². The molecule has 22 heavy (non-hydrogen) atoms. The summed E-state index contributed by atoms with van der Waals surface area (Å²) in [5.74, 6) is 1.34. The van der Waals surface area contributed by atoms with E-state index in [0.717, 1.165) is 24.2 Å². The van der Waals surface area contributed by atoms with Crippen LogP contribution in [0.3, 0.4) is 0 Å². The lowest BCUT2D eigenvalue weighted by Crippen LogP contribution is -2.02. The van der Waals surface area contributed by atoms with Gasteiger partial charge in [-0.2, -0.15) is 5.26 Å². The number of halogens is 1. The number of methoxy groups -OCH3 is 1. The summed E-state index contributed by atoms with van der Waals surface area (Å²) in [5.41, 5.74) is 1.00. The smallest absolute Gasteiger partial charge is 0.137 e. The first kappa shape index (κ1) is 16.2. The second kappa shape index (κ2) is 8.31. The Kier molecular flexibility index (Phi) is 6.12. The maximum atomic E-state index is 9.32. The molecule has 2 aromatic rings. The lowest BCUT2D eigenvalue weighted by atomic mass is 9.96. The number of hydrogen-bond acceptors (Lipinski definition) is 3. The Morgan fingerprint density at radius 3 is 2.50 bits per heavy atom. The minimum Gasteiger partial charge on any atom is -0.497 e. The van der Waals surface area contributed by atoms with Gasteiger partial charge in [0.05, 0.1) is 30.7 Å². The van der Waals surface area contributed by atoms with E-state index in [2.05, 4.69) is 6.07 Å². The van der Waals surface area contributed by atoms with Gasteiger partial charge in [-0.3, -0.25) is 0 Å². The van der Waals surface area contributed by atoms with E-state index in [9.17, 15) is 5.26 Å². The molecule has 2 rings (SSSR count). The van der Waals surface area contributed by atoms with Crippen LogP contribution in [0.5, 0.6) is 11.5 Å². The number of nitrogens with zero attached hydrogens (tertiary/aromatic N) is 1. The summed E-state index contributed by atoms with van der Waals surface area (Å²) in [6, 6.07) is 17.3. The fourth-order valence-electron chi connectivity index (χ4n) is 2.17. The Bertz CT molecular complexity index is 634. The van der Waals surface area contributed by atoms with Crippen molar-refractivity contribution in [3.05, 3.63) is 59.1 Å². The molecule has 0 fully saturated rings. The van der Waals surface area contributed by atoms with E-state index >= 15 is 0 Å². The first-order valence-corrected chi connectivity index (χ1v) is 7.53. The van der Waals surface area contributed by atoms with Crippen molar-refractivity contribution in [2.24, 2.45) is 0 Å². The number of nitriles is 1. The summed E-state index contributed by atoms with van der Waals surface area (Å²) in [5, 5.41) is 9.93. The lowest BCUT2D eigenvalue weighted by molar-refractivity contribution is 0.305. The van der Waals surface area contributed by atoms with Gasteiger partial charge in [-0.25, -0.2) is 0 Å². The van der Waals surface area contributed by atoms with Crippen LogP contribution in [0.2, 0.25) is 5.02 Å². The number of benzene rings is 2. The lowest BCUT2D eigenvalue weighted by Gasteiger charge is -2.11. The van der Waals surface area contributed by atoms with Crippen LogP contribution in [0.1, 0.15) is 24.3 Å². The Hall–Kier alpha value is -2.18. The van der Waals surface area contributed by atoms with E-state index in [4.69, 9.17) is 21.1 Å². The molecular formula is C18H18ClNO2. The minimum atomic E-state index is -0.138. The predicted octanol–water partition coefficient (Wildman–Crippen LogP) is 4.81. The van der Waals surface area contributed by atoms with Crippen LogP contribution in [-0.2, 0) is 0 Å². The molecule has 4 heteroatoms. The predicted molar refractivity (Wildman–Crippen MR) is 87.5 cm³/mol. The average Bonchev–Trinajstić information content (AvgIpc) is 2.57. The number of ether oxygens (including phenoxy) is 2. The standard InChI is InChI=1S/C18H18ClNO2/c1-21-16-10-8-14(9-11-16)15(13-20)5-4-12-22-18-7-3-2-6-17(18)19/h2-3,6-11,15H,4-5,12H2,1H3. The van der Waals surface area contributed by atoms with Gasteiger partial charge in [-0.05, 0) is 42.7 Å². The van der Waals surface area contributed by atoms with Gasteiger partial charge in [0.1, 0.15) is 11.5 Å². The van der Waals surface area contributed by atoms with Gasteiger partial charge in [-0.1, -0.05) is 35.9 Å². The quantitative estimate of drug-likeness (QED) is 0.688. The van der Waals surface area contributed by atoms with Crippen LogP contribution in [0.25, 0.3) is 0 Å². The van der Waals surface area contributed by atoms with Crippen molar-refractivity contribution in [3.8, 4) is 17.6 Å². The summed E-state index contributed by atoms with van der Waals surface area (Å²) in [6.45, 7) is 0.540. The zero-order valence-electron chi connectivity index (χ0n) is 12.5. The van der Waals surface area contributed by atoms with E-state index < -0.39 is 0 Å². The summed E-state index contributed by atoms with van der Waals surface area (Å²) in [7, 11) is 1.63. The van der Waals surface area contributed by atoms with Gasteiger partial charge in [0, 0.05) is 0 Å². The van der Waals surface area contributed by atoms with E-state index in [1.807, 2.05) is 42.5 Å². The molecule has 1 unspecified atom stereocenters. The molecule has 0 aromatic heterocycles. The molecule has 3 nitrogen and oxygen atoms in total. The molecule has 0 bridgehead atoms. The molecule has 0 spiro atoms. The second-order valence-electron chi connectivity index (χ2n) is 4.88. The van der Waals surface area contributed by atoms with Crippen LogP contribution in [-0.4, -0.2) is 13.7 Å². The maximum absolute atomic E-state index is 9.32. The van der Waals surface area contributed by atoms with Crippen molar-refractivity contribution >= 4 is 11.6 Å². The van der Waals surface area contributed by atoms with Crippen LogP contribution >= 0.6 is 11.6 Å². The zero-order chi connectivity index (χ0) is 15.8. The van der Waals surface area contributed by atoms with Crippen molar-refractivity contribution in [1.82, 2.24) is 0 Å². The Labute approximate surface area is 136 Å². The molecule has 0 aliphatic heterocycles. The molecule has 0 aliphatic carbocycles. The van der Waals surface area contributed by atoms with Crippen molar-refractivity contribution in [2.75, 3.05) is 13.7 Å².